The van der Waals surface area contributed by atoms with Crippen molar-refractivity contribution >= 4 is 17.5 Å². The number of nitrogens with zero attached hydrogens (tertiary/aromatic N) is 1. The van der Waals surface area contributed by atoms with E-state index in [9.17, 15) is 9.18 Å². The first-order valence-corrected chi connectivity index (χ1v) is 8.83. The molecule has 0 radical (unpaired) electrons. The number of hydrogen-bond acceptors (Lipinski definition) is 2. The Bertz CT molecular complexity index is 683. The van der Waals surface area contributed by atoms with Crippen LogP contribution in [0.3, 0.4) is 0 Å². The van der Waals surface area contributed by atoms with Crippen molar-refractivity contribution in [2.45, 2.75) is 13.0 Å². The Kier molecular flexibility index (Phi) is 5.40. The maximum Gasteiger partial charge on any atom is 0.226 e. The van der Waals surface area contributed by atoms with Crippen LogP contribution in [0.15, 0.2) is 48.5 Å². The van der Waals surface area contributed by atoms with Crippen molar-refractivity contribution < 1.29 is 9.18 Å². The molecule has 1 saturated heterocycles. The van der Waals surface area contributed by atoms with Crippen molar-refractivity contribution in [3.05, 3.63) is 70.5 Å². The molecule has 3 nitrogen and oxygen atoms in total. The number of carbonyl (C=O) groups is 1. The molecular formula is C20H22ClFN2O. The molecule has 1 aliphatic rings. The third-order valence-corrected chi connectivity index (χ3v) is 5.27. The molecule has 0 saturated carbocycles. The Morgan fingerprint density at radius 1 is 1.12 bits per heavy atom. The number of carbonyl (C=O) groups excluding carboxylic acids is 1. The highest BCUT2D eigenvalue weighted by atomic mass is 35.5. The predicted molar refractivity (Wildman–Crippen MR) is 98.0 cm³/mol. The van der Waals surface area contributed by atoms with Crippen molar-refractivity contribution in [1.82, 2.24) is 10.2 Å². The van der Waals surface area contributed by atoms with Crippen LogP contribution in [0.4, 0.5) is 4.39 Å². The first-order valence-electron chi connectivity index (χ1n) is 8.45. The molecule has 132 valence electrons. The van der Waals surface area contributed by atoms with Gasteiger partial charge in [0, 0.05) is 18.0 Å². The first-order chi connectivity index (χ1) is 12.0. The van der Waals surface area contributed by atoms with Crippen molar-refractivity contribution in [3.8, 4) is 0 Å². The first kappa shape index (κ1) is 17.9. The van der Waals surface area contributed by atoms with E-state index >= 15 is 0 Å². The summed E-state index contributed by atoms with van der Waals surface area (Å²) < 4.78 is 13.3. The molecule has 0 aromatic heterocycles. The van der Waals surface area contributed by atoms with Crippen LogP contribution in [0.25, 0.3) is 0 Å². The fourth-order valence-electron chi connectivity index (χ4n) is 3.24. The zero-order valence-corrected chi connectivity index (χ0v) is 15.1. The lowest BCUT2D eigenvalue weighted by Crippen LogP contribution is -2.50. The minimum Gasteiger partial charge on any atom is -0.334 e. The summed E-state index contributed by atoms with van der Waals surface area (Å²) >= 11 is 6.01. The Labute approximate surface area is 152 Å². The summed E-state index contributed by atoms with van der Waals surface area (Å²) in [6, 6.07) is 13.5. The SMILES string of the molecule is CC(C(=O)N(C)C(c1ccc(F)cc1)c1ccc(Cl)cc1)C1CNC1. The highest BCUT2D eigenvalue weighted by Gasteiger charge is 2.33. The third-order valence-electron chi connectivity index (χ3n) is 5.02. The summed E-state index contributed by atoms with van der Waals surface area (Å²) in [6.45, 7) is 3.74. The molecule has 3 rings (SSSR count). The van der Waals surface area contributed by atoms with Gasteiger partial charge in [0.1, 0.15) is 5.82 Å². The Morgan fingerprint density at radius 2 is 1.64 bits per heavy atom. The molecule has 5 heteroatoms. The van der Waals surface area contributed by atoms with Crippen LogP contribution < -0.4 is 5.32 Å². The van der Waals surface area contributed by atoms with Gasteiger partial charge in [0.05, 0.1) is 6.04 Å². The van der Waals surface area contributed by atoms with Gasteiger partial charge in [0.25, 0.3) is 0 Å². The highest BCUT2D eigenvalue weighted by molar-refractivity contribution is 6.30. The van der Waals surface area contributed by atoms with Crippen LogP contribution in [-0.2, 0) is 4.79 Å². The topological polar surface area (TPSA) is 32.3 Å². The smallest absolute Gasteiger partial charge is 0.226 e. The van der Waals surface area contributed by atoms with Crippen LogP contribution in [0.2, 0.25) is 5.02 Å². The second kappa shape index (κ2) is 7.54. The van der Waals surface area contributed by atoms with Crippen LogP contribution in [0.5, 0.6) is 0 Å². The number of rotatable bonds is 5. The summed E-state index contributed by atoms with van der Waals surface area (Å²) in [4.78, 5) is 14.8. The lowest BCUT2D eigenvalue weighted by atomic mass is 9.87. The van der Waals surface area contributed by atoms with Gasteiger partial charge in [-0.2, -0.15) is 0 Å². The zero-order valence-electron chi connectivity index (χ0n) is 14.4. The third kappa shape index (κ3) is 3.86. The maximum atomic E-state index is 13.3. The second-order valence-electron chi connectivity index (χ2n) is 6.66. The molecule has 2 aromatic rings. The molecule has 0 bridgehead atoms. The molecule has 1 N–H and O–H groups in total. The van der Waals surface area contributed by atoms with E-state index in [0.29, 0.717) is 10.9 Å². The van der Waals surface area contributed by atoms with Gasteiger partial charge < -0.3 is 10.2 Å². The fraction of sp³-hybridized carbons (Fsp3) is 0.350. The lowest BCUT2D eigenvalue weighted by Gasteiger charge is -2.37. The minimum absolute atomic E-state index is 0.0542. The number of hydrogen-bond donors (Lipinski definition) is 1. The monoisotopic (exact) mass is 360 g/mol. The number of benzene rings is 2. The molecule has 1 heterocycles. The van der Waals surface area contributed by atoms with Gasteiger partial charge in [0.2, 0.25) is 5.91 Å². The van der Waals surface area contributed by atoms with E-state index < -0.39 is 0 Å². The fourth-order valence-corrected chi connectivity index (χ4v) is 3.37. The van der Waals surface area contributed by atoms with Crippen LogP contribution >= 0.6 is 11.6 Å². The van der Waals surface area contributed by atoms with E-state index in [1.54, 1.807) is 17.0 Å². The van der Waals surface area contributed by atoms with Crippen molar-refractivity contribution in [3.63, 3.8) is 0 Å². The van der Waals surface area contributed by atoms with E-state index in [0.717, 1.165) is 24.2 Å². The van der Waals surface area contributed by atoms with Crippen molar-refractivity contribution in [2.24, 2.45) is 11.8 Å². The average molecular weight is 361 g/mol. The Balaban J connectivity index is 1.93. The summed E-state index contributed by atoms with van der Waals surface area (Å²) in [5.74, 6) is 0.118. The van der Waals surface area contributed by atoms with E-state index in [4.69, 9.17) is 11.6 Å². The van der Waals surface area contributed by atoms with E-state index in [1.807, 2.05) is 38.2 Å². The Morgan fingerprint density at radius 3 is 2.12 bits per heavy atom. The van der Waals surface area contributed by atoms with E-state index in [1.165, 1.54) is 12.1 Å². The average Bonchev–Trinajstić information content (AvgIpc) is 2.56. The van der Waals surface area contributed by atoms with Crippen LogP contribution in [0, 0.1) is 17.7 Å². The highest BCUT2D eigenvalue weighted by Crippen LogP contribution is 2.31. The van der Waals surface area contributed by atoms with Crippen LogP contribution in [0.1, 0.15) is 24.1 Å². The summed E-state index contributed by atoms with van der Waals surface area (Å²) in [6.07, 6.45) is 0. The van der Waals surface area contributed by atoms with Gasteiger partial charge in [-0.25, -0.2) is 4.39 Å². The molecule has 2 aromatic carbocycles. The van der Waals surface area contributed by atoms with Crippen molar-refractivity contribution in [2.75, 3.05) is 20.1 Å². The molecule has 0 aliphatic carbocycles. The molecule has 1 aliphatic heterocycles. The second-order valence-corrected chi connectivity index (χ2v) is 7.10. The Hall–Kier alpha value is -1.91. The zero-order chi connectivity index (χ0) is 18.0. The minimum atomic E-state index is -0.290. The van der Waals surface area contributed by atoms with Gasteiger partial charge in [-0.05, 0) is 54.4 Å². The number of halogens is 2. The van der Waals surface area contributed by atoms with Gasteiger partial charge in [0.15, 0.2) is 0 Å². The maximum absolute atomic E-state index is 13.3. The standard InChI is InChI=1S/C20H22ClFN2O/c1-13(16-11-23-12-16)20(25)24(2)19(14-3-7-17(21)8-4-14)15-5-9-18(22)10-6-15/h3-10,13,16,19,23H,11-12H2,1-2H3. The molecule has 1 amide bonds. The van der Waals surface area contributed by atoms with Crippen LogP contribution in [-0.4, -0.2) is 30.9 Å². The lowest BCUT2D eigenvalue weighted by molar-refractivity contribution is -0.137. The largest absolute Gasteiger partial charge is 0.334 e. The van der Waals surface area contributed by atoms with E-state index in [-0.39, 0.29) is 23.7 Å². The van der Waals surface area contributed by atoms with E-state index in [2.05, 4.69) is 5.32 Å². The quantitative estimate of drug-likeness (QED) is 0.877. The summed E-state index contributed by atoms with van der Waals surface area (Å²) in [5.41, 5.74) is 1.82. The normalized spacial score (nSPS) is 16.8. The molecule has 2 atom stereocenters. The van der Waals surface area contributed by atoms with Gasteiger partial charge >= 0.3 is 0 Å². The molecule has 25 heavy (non-hydrogen) atoms. The summed E-state index contributed by atoms with van der Waals surface area (Å²) in [5, 5.41) is 3.86. The van der Waals surface area contributed by atoms with Gasteiger partial charge in [-0.3, -0.25) is 4.79 Å². The van der Waals surface area contributed by atoms with Gasteiger partial charge in [-0.1, -0.05) is 42.8 Å². The predicted octanol–water partition coefficient (Wildman–Crippen LogP) is 3.88. The van der Waals surface area contributed by atoms with Gasteiger partial charge in [-0.15, -0.1) is 0 Å². The molecule has 1 fully saturated rings. The molecular weight excluding hydrogens is 339 g/mol. The molecule has 0 spiro atoms. The number of amides is 1. The number of nitrogens with one attached hydrogen (secondary N) is 1. The van der Waals surface area contributed by atoms with Crippen molar-refractivity contribution in [1.29, 1.82) is 0 Å². The summed E-state index contributed by atoms with van der Waals surface area (Å²) in [7, 11) is 1.81. The molecule has 2 unspecified atom stereocenters.